The fourth-order valence-electron chi connectivity index (χ4n) is 1.55. The van der Waals surface area contributed by atoms with E-state index < -0.39 is 0 Å². The molecular weight excluding hydrogens is 194 g/mol. The van der Waals surface area contributed by atoms with Crippen molar-refractivity contribution in [2.45, 2.75) is 33.4 Å². The van der Waals surface area contributed by atoms with Gasteiger partial charge in [-0.2, -0.15) is 5.10 Å². The summed E-state index contributed by atoms with van der Waals surface area (Å²) in [4.78, 5) is 11.0. The lowest BCUT2D eigenvalue weighted by Crippen LogP contribution is -2.09. The summed E-state index contributed by atoms with van der Waals surface area (Å²) in [6, 6.07) is 0. The number of carbonyl (C=O) groups is 1. The molecule has 1 heterocycles. The Morgan fingerprint density at radius 3 is 2.67 bits per heavy atom. The number of ether oxygens (including phenoxy) is 1. The number of esters is 1. The molecule has 0 saturated heterocycles. The molecule has 0 bridgehead atoms. The lowest BCUT2D eigenvalue weighted by molar-refractivity contribution is -0.140. The maximum absolute atomic E-state index is 11.0. The van der Waals surface area contributed by atoms with Gasteiger partial charge in [-0.05, 0) is 13.8 Å². The molecule has 0 aliphatic carbocycles. The molecule has 0 radical (unpaired) electrons. The minimum atomic E-state index is -0.225. The minimum absolute atomic E-state index is 0.225. The van der Waals surface area contributed by atoms with Crippen molar-refractivity contribution in [1.82, 2.24) is 9.78 Å². The zero-order valence-electron chi connectivity index (χ0n) is 9.41. The SMILES string of the molecule is COC(=O)CCn1nc(C)c(CN)c1C. The van der Waals surface area contributed by atoms with E-state index >= 15 is 0 Å². The highest BCUT2D eigenvalue weighted by Crippen LogP contribution is 2.12. The van der Waals surface area contributed by atoms with Gasteiger partial charge in [0.15, 0.2) is 0 Å². The van der Waals surface area contributed by atoms with Crippen LogP contribution in [0.25, 0.3) is 0 Å². The highest BCUT2D eigenvalue weighted by atomic mass is 16.5. The Kier molecular flexibility index (Phi) is 3.85. The first-order valence-corrected chi connectivity index (χ1v) is 4.90. The van der Waals surface area contributed by atoms with Crippen LogP contribution in [0.2, 0.25) is 0 Å². The monoisotopic (exact) mass is 211 g/mol. The van der Waals surface area contributed by atoms with E-state index in [4.69, 9.17) is 5.73 Å². The van der Waals surface area contributed by atoms with E-state index in [0.717, 1.165) is 17.0 Å². The second-order valence-electron chi connectivity index (χ2n) is 3.40. The number of hydrogen-bond acceptors (Lipinski definition) is 4. The molecule has 1 rings (SSSR count). The Bertz CT molecular complexity index is 358. The van der Waals surface area contributed by atoms with E-state index in [-0.39, 0.29) is 5.97 Å². The molecule has 5 nitrogen and oxygen atoms in total. The molecule has 1 aromatic heterocycles. The van der Waals surface area contributed by atoms with Gasteiger partial charge in [0, 0.05) is 17.8 Å². The van der Waals surface area contributed by atoms with Crippen LogP contribution in [0.5, 0.6) is 0 Å². The first-order valence-electron chi connectivity index (χ1n) is 4.90. The van der Waals surface area contributed by atoms with Gasteiger partial charge in [-0.1, -0.05) is 0 Å². The molecule has 0 fully saturated rings. The van der Waals surface area contributed by atoms with Gasteiger partial charge in [0.05, 0.1) is 25.8 Å². The summed E-state index contributed by atoms with van der Waals surface area (Å²) in [7, 11) is 1.38. The van der Waals surface area contributed by atoms with Crippen LogP contribution in [0.3, 0.4) is 0 Å². The summed E-state index contributed by atoms with van der Waals surface area (Å²) >= 11 is 0. The summed E-state index contributed by atoms with van der Waals surface area (Å²) < 4.78 is 6.37. The Balaban J connectivity index is 2.74. The standard InChI is InChI=1S/C10H17N3O2/c1-7-9(6-11)8(2)13(12-7)5-4-10(14)15-3/h4-6,11H2,1-3H3. The molecule has 0 saturated carbocycles. The number of nitrogens with two attached hydrogens (primary N) is 1. The van der Waals surface area contributed by atoms with Crippen molar-refractivity contribution in [3.8, 4) is 0 Å². The van der Waals surface area contributed by atoms with E-state index in [1.54, 1.807) is 4.68 Å². The van der Waals surface area contributed by atoms with Crippen molar-refractivity contribution in [1.29, 1.82) is 0 Å². The smallest absolute Gasteiger partial charge is 0.307 e. The van der Waals surface area contributed by atoms with Crippen molar-refractivity contribution < 1.29 is 9.53 Å². The predicted molar refractivity (Wildman–Crippen MR) is 56.2 cm³/mol. The highest BCUT2D eigenvalue weighted by molar-refractivity contribution is 5.68. The van der Waals surface area contributed by atoms with Crippen LogP contribution < -0.4 is 5.73 Å². The zero-order chi connectivity index (χ0) is 11.4. The number of nitrogens with zero attached hydrogens (tertiary/aromatic N) is 2. The topological polar surface area (TPSA) is 70.1 Å². The Hall–Kier alpha value is -1.36. The van der Waals surface area contributed by atoms with Gasteiger partial charge in [-0.15, -0.1) is 0 Å². The zero-order valence-corrected chi connectivity index (χ0v) is 9.41. The van der Waals surface area contributed by atoms with Crippen molar-refractivity contribution in [2.75, 3.05) is 7.11 Å². The number of carbonyl (C=O) groups excluding carboxylic acids is 1. The fraction of sp³-hybridized carbons (Fsp3) is 0.600. The molecule has 15 heavy (non-hydrogen) atoms. The summed E-state index contributed by atoms with van der Waals surface area (Å²) in [5.74, 6) is -0.225. The highest BCUT2D eigenvalue weighted by Gasteiger charge is 2.10. The minimum Gasteiger partial charge on any atom is -0.469 e. The molecule has 0 amide bonds. The van der Waals surface area contributed by atoms with Crippen LogP contribution in [0.15, 0.2) is 0 Å². The van der Waals surface area contributed by atoms with Crippen LogP contribution >= 0.6 is 0 Å². The largest absolute Gasteiger partial charge is 0.469 e. The van der Waals surface area contributed by atoms with Gasteiger partial charge in [-0.3, -0.25) is 9.48 Å². The summed E-state index contributed by atoms with van der Waals surface area (Å²) in [6.45, 7) is 4.90. The van der Waals surface area contributed by atoms with Gasteiger partial charge >= 0.3 is 5.97 Å². The number of hydrogen-bond donors (Lipinski definition) is 1. The molecule has 0 aromatic carbocycles. The molecular formula is C10H17N3O2. The van der Waals surface area contributed by atoms with E-state index in [0.29, 0.717) is 19.5 Å². The van der Waals surface area contributed by atoms with Crippen LogP contribution in [-0.2, 0) is 22.6 Å². The van der Waals surface area contributed by atoms with Gasteiger partial charge in [0.1, 0.15) is 0 Å². The molecule has 5 heteroatoms. The maximum Gasteiger partial charge on any atom is 0.307 e. The predicted octanol–water partition coefficient (Wildman–Crippen LogP) is 0.522. The molecule has 1 aromatic rings. The molecule has 0 aliphatic heterocycles. The Morgan fingerprint density at radius 2 is 2.20 bits per heavy atom. The van der Waals surface area contributed by atoms with E-state index in [2.05, 4.69) is 9.84 Å². The fourth-order valence-corrected chi connectivity index (χ4v) is 1.55. The second kappa shape index (κ2) is 4.93. The van der Waals surface area contributed by atoms with E-state index in [9.17, 15) is 4.79 Å². The number of rotatable bonds is 4. The van der Waals surface area contributed by atoms with Crippen molar-refractivity contribution >= 4 is 5.97 Å². The van der Waals surface area contributed by atoms with E-state index in [1.165, 1.54) is 7.11 Å². The third-order valence-corrected chi connectivity index (χ3v) is 2.49. The first-order chi connectivity index (χ1) is 7.10. The average Bonchev–Trinajstić information content (AvgIpc) is 2.50. The summed E-state index contributed by atoms with van der Waals surface area (Å²) in [5.41, 5.74) is 8.61. The Labute approximate surface area is 89.2 Å². The van der Waals surface area contributed by atoms with Gasteiger partial charge in [-0.25, -0.2) is 0 Å². The van der Waals surface area contributed by atoms with Crippen molar-refractivity contribution in [2.24, 2.45) is 5.73 Å². The molecule has 0 spiro atoms. The first kappa shape index (κ1) is 11.7. The van der Waals surface area contributed by atoms with Crippen LogP contribution in [0.4, 0.5) is 0 Å². The van der Waals surface area contributed by atoms with Gasteiger partial charge < -0.3 is 10.5 Å². The molecule has 2 N–H and O–H groups in total. The average molecular weight is 211 g/mol. The van der Waals surface area contributed by atoms with E-state index in [1.807, 2.05) is 13.8 Å². The number of aromatic nitrogens is 2. The van der Waals surface area contributed by atoms with Crippen LogP contribution in [0.1, 0.15) is 23.4 Å². The number of aryl methyl sites for hydroxylation is 2. The quantitative estimate of drug-likeness (QED) is 0.737. The molecule has 0 aliphatic rings. The van der Waals surface area contributed by atoms with Crippen LogP contribution in [-0.4, -0.2) is 22.9 Å². The lowest BCUT2D eigenvalue weighted by atomic mass is 10.2. The van der Waals surface area contributed by atoms with Gasteiger partial charge in [0.2, 0.25) is 0 Å². The number of methoxy groups -OCH3 is 1. The third kappa shape index (κ3) is 2.56. The van der Waals surface area contributed by atoms with Crippen molar-refractivity contribution in [3.63, 3.8) is 0 Å². The molecule has 0 atom stereocenters. The second-order valence-corrected chi connectivity index (χ2v) is 3.40. The Morgan fingerprint density at radius 1 is 1.53 bits per heavy atom. The normalized spacial score (nSPS) is 10.4. The van der Waals surface area contributed by atoms with Gasteiger partial charge in [0.25, 0.3) is 0 Å². The maximum atomic E-state index is 11.0. The molecule has 0 unspecified atom stereocenters. The third-order valence-electron chi connectivity index (χ3n) is 2.49. The molecule has 84 valence electrons. The summed E-state index contributed by atoms with van der Waals surface area (Å²) in [6.07, 6.45) is 0.336. The summed E-state index contributed by atoms with van der Waals surface area (Å²) in [5, 5.41) is 4.32. The van der Waals surface area contributed by atoms with Crippen LogP contribution in [0, 0.1) is 13.8 Å². The van der Waals surface area contributed by atoms with Crippen molar-refractivity contribution in [3.05, 3.63) is 17.0 Å². The lowest BCUT2D eigenvalue weighted by Gasteiger charge is -2.03.